The molecule has 100 valence electrons. The Morgan fingerprint density at radius 3 is 2.53 bits per heavy atom. The first-order chi connectivity index (χ1) is 9.04. The molecule has 0 saturated carbocycles. The van der Waals surface area contributed by atoms with Crippen LogP contribution in [0, 0.1) is 5.82 Å². The fourth-order valence-electron chi connectivity index (χ4n) is 1.76. The van der Waals surface area contributed by atoms with Crippen molar-refractivity contribution in [1.82, 2.24) is 0 Å². The van der Waals surface area contributed by atoms with Gasteiger partial charge in [-0.15, -0.1) is 0 Å². The van der Waals surface area contributed by atoms with Gasteiger partial charge in [-0.1, -0.05) is 28.1 Å². The maximum atomic E-state index is 14.0. The average Bonchev–Trinajstić information content (AvgIpc) is 2.42. The van der Waals surface area contributed by atoms with Crippen LogP contribution in [0.1, 0.15) is 17.2 Å². The maximum Gasteiger partial charge on any atom is 0.143 e. The summed E-state index contributed by atoms with van der Waals surface area (Å²) >= 11 is 6.46. The zero-order chi connectivity index (χ0) is 14.0. The number of ether oxygens (including phenoxy) is 1. The van der Waals surface area contributed by atoms with Gasteiger partial charge in [0.1, 0.15) is 17.7 Å². The first-order valence-corrected chi connectivity index (χ1v) is 7.08. The van der Waals surface area contributed by atoms with Crippen LogP contribution in [0.2, 0.25) is 0 Å². The second-order valence-corrected chi connectivity index (χ2v) is 5.64. The van der Waals surface area contributed by atoms with E-state index in [1.165, 1.54) is 0 Å². The van der Waals surface area contributed by atoms with Gasteiger partial charge < -0.3 is 9.84 Å². The lowest BCUT2D eigenvalue weighted by Crippen LogP contribution is -2.04. The second-order valence-electron chi connectivity index (χ2n) is 3.93. The monoisotopic (exact) mass is 388 g/mol. The summed E-state index contributed by atoms with van der Waals surface area (Å²) in [5.74, 6) is 0.136. The first-order valence-electron chi connectivity index (χ1n) is 5.50. The van der Waals surface area contributed by atoms with E-state index in [1.807, 2.05) is 0 Å². The van der Waals surface area contributed by atoms with Gasteiger partial charge in [0.2, 0.25) is 0 Å². The second kappa shape index (κ2) is 6.03. The minimum Gasteiger partial charge on any atom is -0.497 e. The normalized spacial score (nSPS) is 12.3. The summed E-state index contributed by atoms with van der Waals surface area (Å²) in [6, 6.07) is 10.0. The molecule has 2 rings (SSSR count). The van der Waals surface area contributed by atoms with Crippen molar-refractivity contribution in [3.8, 4) is 5.75 Å². The van der Waals surface area contributed by atoms with E-state index in [-0.39, 0.29) is 5.56 Å². The van der Waals surface area contributed by atoms with E-state index >= 15 is 0 Å². The van der Waals surface area contributed by atoms with E-state index in [9.17, 15) is 9.50 Å². The van der Waals surface area contributed by atoms with Gasteiger partial charge in [0.05, 0.1) is 11.6 Å². The summed E-state index contributed by atoms with van der Waals surface area (Å²) in [7, 11) is 1.54. The highest BCUT2D eigenvalue weighted by Gasteiger charge is 2.19. The lowest BCUT2D eigenvalue weighted by molar-refractivity contribution is 0.213. The number of hydrogen-bond donors (Lipinski definition) is 1. The van der Waals surface area contributed by atoms with Crippen molar-refractivity contribution < 1.29 is 14.2 Å². The summed E-state index contributed by atoms with van der Waals surface area (Å²) in [6.07, 6.45) is -1.07. The van der Waals surface area contributed by atoms with Crippen molar-refractivity contribution in [2.45, 2.75) is 6.10 Å². The molecule has 5 heteroatoms. The quantitative estimate of drug-likeness (QED) is 0.840. The third kappa shape index (κ3) is 2.99. The van der Waals surface area contributed by atoms with E-state index in [0.29, 0.717) is 20.3 Å². The van der Waals surface area contributed by atoms with Gasteiger partial charge in [-0.3, -0.25) is 0 Å². The average molecular weight is 390 g/mol. The van der Waals surface area contributed by atoms with Crippen LogP contribution in [0.4, 0.5) is 4.39 Å². The molecule has 19 heavy (non-hydrogen) atoms. The molecule has 0 heterocycles. The molecule has 0 fully saturated rings. The Balaban J connectivity index is 2.49. The Morgan fingerprint density at radius 1 is 1.11 bits per heavy atom. The van der Waals surface area contributed by atoms with E-state index in [2.05, 4.69) is 31.9 Å². The Kier molecular flexibility index (Phi) is 4.60. The smallest absolute Gasteiger partial charge is 0.143 e. The minimum atomic E-state index is -1.07. The van der Waals surface area contributed by atoms with Gasteiger partial charge in [0, 0.05) is 15.6 Å². The summed E-state index contributed by atoms with van der Waals surface area (Å²) in [5, 5.41) is 10.4. The van der Waals surface area contributed by atoms with Crippen molar-refractivity contribution >= 4 is 31.9 Å². The number of halogens is 3. The van der Waals surface area contributed by atoms with E-state index in [4.69, 9.17) is 4.74 Å². The van der Waals surface area contributed by atoms with Gasteiger partial charge in [-0.05, 0) is 40.2 Å². The van der Waals surface area contributed by atoms with Crippen LogP contribution in [-0.4, -0.2) is 12.2 Å². The van der Waals surface area contributed by atoms with E-state index in [0.717, 1.165) is 0 Å². The minimum absolute atomic E-state index is 0.211. The number of methoxy groups -OCH3 is 1. The highest BCUT2D eigenvalue weighted by Crippen LogP contribution is 2.34. The predicted octanol–water partition coefficient (Wildman–Crippen LogP) is 4.44. The molecule has 0 aromatic heterocycles. The van der Waals surface area contributed by atoms with Crippen LogP contribution in [-0.2, 0) is 0 Å². The molecule has 0 amide bonds. The summed E-state index contributed by atoms with van der Waals surface area (Å²) in [5.41, 5.74) is 0.764. The molecule has 0 aliphatic rings. The molecule has 2 nitrogen and oxygen atoms in total. The molecule has 1 unspecified atom stereocenters. The Labute approximate surface area is 127 Å². The van der Waals surface area contributed by atoms with Gasteiger partial charge in [-0.25, -0.2) is 4.39 Å². The molecular weight excluding hydrogens is 379 g/mol. The van der Waals surface area contributed by atoms with Gasteiger partial charge in [0.15, 0.2) is 0 Å². The third-order valence-electron chi connectivity index (χ3n) is 2.77. The third-order valence-corrected chi connectivity index (χ3v) is 4.11. The number of rotatable bonds is 3. The molecule has 1 atom stereocenters. The highest BCUT2D eigenvalue weighted by molar-refractivity contribution is 9.10. The number of aliphatic hydroxyl groups excluding tert-OH is 1. The Bertz CT molecular complexity index is 602. The Morgan fingerprint density at radius 2 is 1.84 bits per heavy atom. The van der Waals surface area contributed by atoms with Crippen LogP contribution in [0.5, 0.6) is 5.75 Å². The molecule has 2 aromatic rings. The Hall–Kier alpha value is -0.910. The molecule has 0 aliphatic carbocycles. The lowest BCUT2D eigenvalue weighted by atomic mass is 10.0. The molecule has 1 N–H and O–H groups in total. The van der Waals surface area contributed by atoms with Crippen LogP contribution in [0.15, 0.2) is 45.3 Å². The molecule has 0 saturated heterocycles. The standard InChI is InChI=1S/C14H11Br2FO2/c1-19-8-5-6-11(15)10(7-8)14(18)9-3-2-4-12(16)13(9)17/h2-7,14,18H,1H3. The SMILES string of the molecule is COc1ccc(Br)c(C(O)c2cccc(Br)c2F)c1. The van der Waals surface area contributed by atoms with Gasteiger partial charge in [0.25, 0.3) is 0 Å². The number of hydrogen-bond acceptors (Lipinski definition) is 2. The highest BCUT2D eigenvalue weighted by atomic mass is 79.9. The first kappa shape index (κ1) is 14.5. The largest absolute Gasteiger partial charge is 0.497 e. The fourth-order valence-corrected chi connectivity index (χ4v) is 2.60. The lowest BCUT2D eigenvalue weighted by Gasteiger charge is -2.15. The topological polar surface area (TPSA) is 29.5 Å². The van der Waals surface area contributed by atoms with E-state index in [1.54, 1.807) is 43.5 Å². The summed E-state index contributed by atoms with van der Waals surface area (Å²) < 4.78 is 20.1. The molecule has 0 radical (unpaired) electrons. The van der Waals surface area contributed by atoms with Gasteiger partial charge in [-0.2, -0.15) is 0 Å². The maximum absolute atomic E-state index is 14.0. The zero-order valence-electron chi connectivity index (χ0n) is 10.0. The van der Waals surface area contributed by atoms with Crippen molar-refractivity contribution in [2.24, 2.45) is 0 Å². The number of aliphatic hydroxyl groups is 1. The number of benzene rings is 2. The van der Waals surface area contributed by atoms with Crippen molar-refractivity contribution in [1.29, 1.82) is 0 Å². The molecule has 0 spiro atoms. The van der Waals surface area contributed by atoms with Gasteiger partial charge >= 0.3 is 0 Å². The van der Waals surface area contributed by atoms with Crippen molar-refractivity contribution in [2.75, 3.05) is 7.11 Å². The molecule has 0 bridgehead atoms. The van der Waals surface area contributed by atoms with Crippen LogP contribution >= 0.6 is 31.9 Å². The van der Waals surface area contributed by atoms with Crippen molar-refractivity contribution in [3.63, 3.8) is 0 Å². The molecule has 0 aliphatic heterocycles. The summed E-state index contributed by atoms with van der Waals surface area (Å²) in [4.78, 5) is 0. The van der Waals surface area contributed by atoms with Crippen LogP contribution < -0.4 is 4.74 Å². The zero-order valence-corrected chi connectivity index (χ0v) is 13.2. The molecular formula is C14H11Br2FO2. The van der Waals surface area contributed by atoms with E-state index < -0.39 is 11.9 Å². The summed E-state index contributed by atoms with van der Waals surface area (Å²) in [6.45, 7) is 0. The van der Waals surface area contributed by atoms with Crippen LogP contribution in [0.3, 0.4) is 0 Å². The van der Waals surface area contributed by atoms with Crippen molar-refractivity contribution in [3.05, 3.63) is 62.3 Å². The van der Waals surface area contributed by atoms with Crippen LogP contribution in [0.25, 0.3) is 0 Å². The fraction of sp³-hybridized carbons (Fsp3) is 0.143. The molecule has 2 aromatic carbocycles. The predicted molar refractivity (Wildman–Crippen MR) is 78.9 cm³/mol.